The monoisotopic (exact) mass is 189 g/mol. The topological polar surface area (TPSA) is 74.9 Å². The van der Waals surface area contributed by atoms with Gasteiger partial charge in [0.15, 0.2) is 0 Å². The van der Waals surface area contributed by atoms with E-state index < -0.39 is 0 Å². The van der Waals surface area contributed by atoms with Gasteiger partial charge in [0.2, 0.25) is 0 Å². The minimum Gasteiger partial charge on any atom is -0.508 e. The van der Waals surface area contributed by atoms with Crippen LogP contribution in [0.1, 0.15) is 5.69 Å². The first-order chi connectivity index (χ1) is 6.66. The van der Waals surface area contributed by atoms with E-state index in [4.69, 9.17) is 5.73 Å². The van der Waals surface area contributed by atoms with Crippen LogP contribution in [0.5, 0.6) is 5.75 Å². The minimum absolute atomic E-state index is 0.184. The van der Waals surface area contributed by atoms with Gasteiger partial charge in [0, 0.05) is 23.1 Å². The molecule has 0 unspecified atom stereocenters. The van der Waals surface area contributed by atoms with Crippen LogP contribution in [0.3, 0.4) is 0 Å². The summed E-state index contributed by atoms with van der Waals surface area (Å²) >= 11 is 0. The molecule has 0 amide bonds. The maximum Gasteiger partial charge on any atom is 0.139 e. The molecule has 14 heavy (non-hydrogen) atoms. The first kappa shape index (κ1) is 8.62. The van der Waals surface area contributed by atoms with E-state index in [1.807, 2.05) is 6.92 Å². The van der Waals surface area contributed by atoms with Crippen molar-refractivity contribution < 1.29 is 5.11 Å². The number of phenols is 1. The molecular weight excluding hydrogens is 178 g/mol. The second-order valence-electron chi connectivity index (χ2n) is 3.19. The second-order valence-corrected chi connectivity index (χ2v) is 3.19. The van der Waals surface area contributed by atoms with Crippen molar-refractivity contribution in [2.45, 2.75) is 6.92 Å². The Morgan fingerprint density at radius 2 is 2.21 bits per heavy atom. The molecule has 0 aliphatic rings. The van der Waals surface area contributed by atoms with E-state index in [2.05, 4.69) is 9.97 Å². The number of nitrogens with two attached hydrogens (primary N) is 1. The fourth-order valence-corrected chi connectivity index (χ4v) is 1.30. The van der Waals surface area contributed by atoms with Gasteiger partial charge >= 0.3 is 0 Å². The number of benzene rings is 1. The molecule has 0 bridgehead atoms. The number of aromatic amines is 1. The smallest absolute Gasteiger partial charge is 0.139 e. The Hall–Kier alpha value is -1.97. The fourth-order valence-electron chi connectivity index (χ4n) is 1.30. The summed E-state index contributed by atoms with van der Waals surface area (Å²) in [5.74, 6) is 0.860. The van der Waals surface area contributed by atoms with Gasteiger partial charge < -0.3 is 15.8 Å². The van der Waals surface area contributed by atoms with Crippen molar-refractivity contribution in [3.63, 3.8) is 0 Å². The van der Waals surface area contributed by atoms with Crippen LogP contribution in [-0.2, 0) is 0 Å². The quantitative estimate of drug-likeness (QED) is 0.472. The molecule has 0 radical (unpaired) electrons. The summed E-state index contributed by atoms with van der Waals surface area (Å²) in [5, 5.41) is 9.31. The molecule has 4 N–H and O–H groups in total. The number of aromatic nitrogens is 2. The van der Waals surface area contributed by atoms with Gasteiger partial charge in [-0.25, -0.2) is 4.98 Å². The summed E-state index contributed by atoms with van der Waals surface area (Å²) in [4.78, 5) is 7.20. The van der Waals surface area contributed by atoms with Crippen LogP contribution in [0.15, 0.2) is 24.4 Å². The third kappa shape index (κ3) is 1.42. The molecule has 0 atom stereocenters. The largest absolute Gasteiger partial charge is 0.508 e. The Bertz CT molecular complexity index is 462. The van der Waals surface area contributed by atoms with Crippen LogP contribution in [0.4, 0.5) is 5.69 Å². The number of H-pyrrole nitrogens is 1. The Morgan fingerprint density at radius 1 is 1.43 bits per heavy atom. The van der Waals surface area contributed by atoms with E-state index >= 15 is 0 Å². The van der Waals surface area contributed by atoms with Crippen LogP contribution in [0, 0.1) is 6.92 Å². The molecule has 1 aromatic heterocycles. The van der Waals surface area contributed by atoms with Crippen molar-refractivity contribution in [3.05, 3.63) is 30.1 Å². The molecule has 2 aromatic rings. The van der Waals surface area contributed by atoms with Crippen molar-refractivity contribution in [2.75, 3.05) is 5.73 Å². The molecular formula is C10H11N3O. The summed E-state index contributed by atoms with van der Waals surface area (Å²) in [7, 11) is 0. The summed E-state index contributed by atoms with van der Waals surface area (Å²) in [6.07, 6.45) is 1.72. The Labute approximate surface area is 81.4 Å². The SMILES string of the molecule is Cc1cnc(-c2cc(O)ccc2N)[nH]1. The van der Waals surface area contributed by atoms with Gasteiger partial charge in [-0.1, -0.05) is 0 Å². The van der Waals surface area contributed by atoms with Crippen molar-refractivity contribution in [2.24, 2.45) is 0 Å². The van der Waals surface area contributed by atoms with Gasteiger partial charge in [-0.2, -0.15) is 0 Å². The number of nitrogens with zero attached hydrogens (tertiary/aromatic N) is 1. The van der Waals surface area contributed by atoms with E-state index in [1.165, 1.54) is 0 Å². The minimum atomic E-state index is 0.184. The Balaban J connectivity index is 2.55. The normalized spacial score (nSPS) is 10.4. The second kappa shape index (κ2) is 3.06. The number of anilines is 1. The van der Waals surface area contributed by atoms with Crippen molar-refractivity contribution >= 4 is 5.69 Å². The number of imidazole rings is 1. The van der Waals surface area contributed by atoms with E-state index in [9.17, 15) is 5.11 Å². The van der Waals surface area contributed by atoms with Crippen molar-refractivity contribution in [1.82, 2.24) is 9.97 Å². The molecule has 0 saturated carbocycles. The molecule has 0 saturated heterocycles. The number of rotatable bonds is 1. The van der Waals surface area contributed by atoms with Crippen molar-refractivity contribution in [1.29, 1.82) is 0 Å². The highest BCUT2D eigenvalue weighted by Gasteiger charge is 2.06. The zero-order chi connectivity index (χ0) is 10.1. The predicted molar refractivity (Wildman–Crippen MR) is 54.8 cm³/mol. The summed E-state index contributed by atoms with van der Waals surface area (Å²) in [6, 6.07) is 4.80. The van der Waals surface area contributed by atoms with Gasteiger partial charge in [-0.05, 0) is 25.1 Å². The van der Waals surface area contributed by atoms with Crippen LogP contribution < -0.4 is 5.73 Å². The van der Waals surface area contributed by atoms with Crippen LogP contribution in [0.25, 0.3) is 11.4 Å². The molecule has 0 spiro atoms. The van der Waals surface area contributed by atoms with Crippen LogP contribution >= 0.6 is 0 Å². The maximum atomic E-state index is 9.31. The lowest BCUT2D eigenvalue weighted by Gasteiger charge is -2.02. The molecule has 2 rings (SSSR count). The lowest BCUT2D eigenvalue weighted by Crippen LogP contribution is -1.90. The van der Waals surface area contributed by atoms with Gasteiger partial charge in [0.1, 0.15) is 11.6 Å². The average Bonchev–Trinajstić information content (AvgIpc) is 2.56. The number of hydrogen-bond acceptors (Lipinski definition) is 3. The zero-order valence-electron chi connectivity index (χ0n) is 7.78. The molecule has 0 aliphatic heterocycles. The fraction of sp³-hybridized carbons (Fsp3) is 0.100. The van der Waals surface area contributed by atoms with Crippen LogP contribution in [0.2, 0.25) is 0 Å². The number of phenolic OH excluding ortho intramolecular Hbond substituents is 1. The van der Waals surface area contributed by atoms with E-state index in [0.29, 0.717) is 11.5 Å². The lowest BCUT2D eigenvalue weighted by molar-refractivity contribution is 0.475. The average molecular weight is 189 g/mol. The number of nitrogen functional groups attached to an aromatic ring is 1. The van der Waals surface area contributed by atoms with E-state index in [1.54, 1.807) is 24.4 Å². The highest BCUT2D eigenvalue weighted by Crippen LogP contribution is 2.26. The number of hydrogen-bond donors (Lipinski definition) is 3. The van der Waals surface area contributed by atoms with E-state index in [-0.39, 0.29) is 5.75 Å². The summed E-state index contributed by atoms with van der Waals surface area (Å²) in [6.45, 7) is 1.91. The van der Waals surface area contributed by atoms with Crippen molar-refractivity contribution in [3.8, 4) is 17.1 Å². The maximum absolute atomic E-state index is 9.31. The number of aryl methyl sites for hydroxylation is 1. The molecule has 72 valence electrons. The summed E-state index contributed by atoms with van der Waals surface area (Å²) < 4.78 is 0. The molecule has 0 aliphatic carbocycles. The highest BCUT2D eigenvalue weighted by molar-refractivity contribution is 5.73. The Morgan fingerprint density at radius 3 is 2.86 bits per heavy atom. The predicted octanol–water partition coefficient (Wildman–Crippen LogP) is 1.67. The molecule has 4 heteroatoms. The standard InChI is InChI=1S/C10H11N3O/c1-6-5-12-10(13-6)8-4-7(14)2-3-9(8)11/h2-5,14H,11H2,1H3,(H,12,13). The molecule has 4 nitrogen and oxygen atoms in total. The van der Waals surface area contributed by atoms with Crippen LogP contribution in [-0.4, -0.2) is 15.1 Å². The number of aromatic hydroxyl groups is 1. The molecule has 1 aromatic carbocycles. The highest BCUT2D eigenvalue weighted by atomic mass is 16.3. The van der Waals surface area contributed by atoms with Gasteiger partial charge in [-0.15, -0.1) is 0 Å². The number of nitrogens with one attached hydrogen (secondary N) is 1. The first-order valence-electron chi connectivity index (χ1n) is 4.27. The zero-order valence-corrected chi connectivity index (χ0v) is 7.78. The first-order valence-corrected chi connectivity index (χ1v) is 4.27. The lowest BCUT2D eigenvalue weighted by atomic mass is 10.1. The molecule has 0 fully saturated rings. The van der Waals surface area contributed by atoms with Gasteiger partial charge in [0.05, 0.1) is 0 Å². The van der Waals surface area contributed by atoms with E-state index in [0.717, 1.165) is 11.3 Å². The molecule has 1 heterocycles. The third-order valence-corrected chi connectivity index (χ3v) is 1.99. The van der Waals surface area contributed by atoms with Gasteiger partial charge in [0.25, 0.3) is 0 Å². The summed E-state index contributed by atoms with van der Waals surface area (Å²) in [5.41, 5.74) is 8.04. The third-order valence-electron chi connectivity index (χ3n) is 1.99. The Kier molecular flexibility index (Phi) is 1.89. The van der Waals surface area contributed by atoms with Gasteiger partial charge in [-0.3, -0.25) is 0 Å².